The minimum Gasteiger partial charge on any atom is -0.383 e. The number of aromatic nitrogens is 1. The van der Waals surface area contributed by atoms with Crippen LogP contribution in [0.5, 0.6) is 0 Å². The molecule has 5 heteroatoms. The molecule has 0 saturated heterocycles. The van der Waals surface area contributed by atoms with Crippen LogP contribution in [0, 0.1) is 5.92 Å². The summed E-state index contributed by atoms with van der Waals surface area (Å²) >= 11 is 5.80. The number of pyridine rings is 1. The zero-order valence-electron chi connectivity index (χ0n) is 11.0. The fraction of sp³-hybridized carbons (Fsp3) is 0.538. The van der Waals surface area contributed by atoms with Crippen LogP contribution in [0.25, 0.3) is 0 Å². The third-order valence-corrected chi connectivity index (χ3v) is 2.62. The Morgan fingerprint density at radius 3 is 2.83 bits per heavy atom. The van der Waals surface area contributed by atoms with E-state index in [-0.39, 0.29) is 5.91 Å². The lowest BCUT2D eigenvalue weighted by molar-refractivity contribution is 0.0672. The van der Waals surface area contributed by atoms with Crippen LogP contribution in [-0.4, -0.2) is 42.6 Å². The molecular formula is C13H19ClN2O2. The molecule has 0 spiro atoms. The monoisotopic (exact) mass is 270 g/mol. The molecule has 0 aliphatic rings. The normalized spacial score (nSPS) is 10.7. The van der Waals surface area contributed by atoms with Gasteiger partial charge in [-0.15, -0.1) is 0 Å². The molecule has 0 N–H and O–H groups in total. The second-order valence-corrected chi connectivity index (χ2v) is 4.89. The quantitative estimate of drug-likeness (QED) is 0.746. The van der Waals surface area contributed by atoms with Gasteiger partial charge in [-0.05, 0) is 18.1 Å². The van der Waals surface area contributed by atoms with Crippen molar-refractivity contribution >= 4 is 17.5 Å². The van der Waals surface area contributed by atoms with Gasteiger partial charge in [-0.25, -0.2) is 4.98 Å². The predicted molar refractivity (Wildman–Crippen MR) is 71.9 cm³/mol. The summed E-state index contributed by atoms with van der Waals surface area (Å²) < 4.78 is 5.03. The minimum atomic E-state index is -0.0370. The second kappa shape index (κ2) is 7.34. The lowest BCUT2D eigenvalue weighted by Gasteiger charge is -2.24. The van der Waals surface area contributed by atoms with Crippen LogP contribution in [0.3, 0.4) is 0 Å². The first kappa shape index (κ1) is 14.9. The summed E-state index contributed by atoms with van der Waals surface area (Å²) in [7, 11) is 1.63. The van der Waals surface area contributed by atoms with Crippen molar-refractivity contribution in [2.75, 3.05) is 26.8 Å². The highest BCUT2D eigenvalue weighted by atomic mass is 35.5. The number of rotatable bonds is 6. The van der Waals surface area contributed by atoms with Gasteiger partial charge in [0, 0.05) is 32.0 Å². The van der Waals surface area contributed by atoms with Crippen molar-refractivity contribution < 1.29 is 9.53 Å². The fourth-order valence-corrected chi connectivity index (χ4v) is 1.81. The standard InChI is InChI=1S/C13H19ClN2O2/c1-10(2)9-16(6-7-18-3)13(17)11-4-5-15-12(14)8-11/h4-5,8,10H,6-7,9H2,1-3H3. The van der Waals surface area contributed by atoms with E-state index >= 15 is 0 Å². The molecule has 0 atom stereocenters. The van der Waals surface area contributed by atoms with Crippen molar-refractivity contribution in [3.63, 3.8) is 0 Å². The van der Waals surface area contributed by atoms with E-state index in [2.05, 4.69) is 18.8 Å². The zero-order chi connectivity index (χ0) is 13.5. The van der Waals surface area contributed by atoms with Crippen LogP contribution < -0.4 is 0 Å². The minimum absolute atomic E-state index is 0.0370. The molecule has 0 fully saturated rings. The van der Waals surface area contributed by atoms with Crippen LogP contribution in [0.2, 0.25) is 5.15 Å². The van der Waals surface area contributed by atoms with Crippen LogP contribution in [0.1, 0.15) is 24.2 Å². The highest BCUT2D eigenvalue weighted by Crippen LogP contribution is 2.11. The number of hydrogen-bond donors (Lipinski definition) is 0. The molecule has 0 bridgehead atoms. The first-order valence-corrected chi connectivity index (χ1v) is 6.32. The number of carbonyl (C=O) groups is 1. The Morgan fingerprint density at radius 2 is 2.28 bits per heavy atom. The number of amides is 1. The zero-order valence-corrected chi connectivity index (χ0v) is 11.8. The molecule has 1 aromatic rings. The van der Waals surface area contributed by atoms with Gasteiger partial charge in [0.2, 0.25) is 0 Å². The molecule has 4 nitrogen and oxygen atoms in total. The maximum Gasteiger partial charge on any atom is 0.254 e. The molecule has 0 aliphatic heterocycles. The summed E-state index contributed by atoms with van der Waals surface area (Å²) in [4.78, 5) is 18.0. The third-order valence-electron chi connectivity index (χ3n) is 2.41. The van der Waals surface area contributed by atoms with E-state index in [0.29, 0.717) is 36.3 Å². The van der Waals surface area contributed by atoms with Crippen molar-refractivity contribution in [1.82, 2.24) is 9.88 Å². The predicted octanol–water partition coefficient (Wildman–Crippen LogP) is 2.48. The van der Waals surface area contributed by atoms with E-state index in [1.807, 2.05) is 0 Å². The summed E-state index contributed by atoms with van der Waals surface area (Å²) in [5.74, 6) is 0.369. The van der Waals surface area contributed by atoms with Crippen molar-refractivity contribution in [3.8, 4) is 0 Å². The average Bonchev–Trinajstić information content (AvgIpc) is 2.33. The maximum absolute atomic E-state index is 12.3. The summed E-state index contributed by atoms with van der Waals surface area (Å²) in [6.07, 6.45) is 1.54. The number of methoxy groups -OCH3 is 1. The van der Waals surface area contributed by atoms with Gasteiger partial charge in [-0.1, -0.05) is 25.4 Å². The van der Waals surface area contributed by atoms with Gasteiger partial charge in [0.05, 0.1) is 6.61 Å². The van der Waals surface area contributed by atoms with Gasteiger partial charge in [0.15, 0.2) is 0 Å². The average molecular weight is 271 g/mol. The highest BCUT2D eigenvalue weighted by molar-refractivity contribution is 6.29. The van der Waals surface area contributed by atoms with E-state index in [1.165, 1.54) is 0 Å². The first-order valence-electron chi connectivity index (χ1n) is 5.94. The van der Waals surface area contributed by atoms with Gasteiger partial charge in [0.1, 0.15) is 5.15 Å². The lowest BCUT2D eigenvalue weighted by atomic mass is 10.1. The molecule has 0 saturated carbocycles. The van der Waals surface area contributed by atoms with Gasteiger partial charge >= 0.3 is 0 Å². The second-order valence-electron chi connectivity index (χ2n) is 4.51. The van der Waals surface area contributed by atoms with Crippen molar-refractivity contribution in [2.24, 2.45) is 5.92 Å². The van der Waals surface area contributed by atoms with E-state index in [9.17, 15) is 4.79 Å². The molecule has 1 heterocycles. The molecule has 0 radical (unpaired) electrons. The molecule has 18 heavy (non-hydrogen) atoms. The van der Waals surface area contributed by atoms with Gasteiger partial charge in [-0.3, -0.25) is 4.79 Å². The number of hydrogen-bond acceptors (Lipinski definition) is 3. The smallest absolute Gasteiger partial charge is 0.254 e. The third kappa shape index (κ3) is 4.63. The van der Waals surface area contributed by atoms with E-state index < -0.39 is 0 Å². The van der Waals surface area contributed by atoms with E-state index in [4.69, 9.17) is 16.3 Å². The largest absolute Gasteiger partial charge is 0.383 e. The highest BCUT2D eigenvalue weighted by Gasteiger charge is 2.16. The number of ether oxygens (including phenoxy) is 1. The molecule has 1 rings (SSSR count). The number of carbonyl (C=O) groups excluding carboxylic acids is 1. The summed E-state index contributed by atoms with van der Waals surface area (Å²) in [5, 5.41) is 0.331. The molecule has 0 unspecified atom stereocenters. The first-order chi connectivity index (χ1) is 8.54. The summed E-state index contributed by atoms with van der Waals surface area (Å²) in [6.45, 7) is 5.95. The molecule has 1 aromatic heterocycles. The Kier molecular flexibility index (Phi) is 6.09. The molecular weight excluding hydrogens is 252 g/mol. The van der Waals surface area contributed by atoms with E-state index in [1.54, 1.807) is 30.3 Å². The summed E-state index contributed by atoms with van der Waals surface area (Å²) in [5.41, 5.74) is 0.562. The SMILES string of the molecule is COCCN(CC(C)C)C(=O)c1ccnc(Cl)c1. The van der Waals surface area contributed by atoms with Crippen LogP contribution >= 0.6 is 11.6 Å². The molecule has 0 aliphatic carbocycles. The number of nitrogens with zero attached hydrogens (tertiary/aromatic N) is 2. The topological polar surface area (TPSA) is 42.4 Å². The lowest BCUT2D eigenvalue weighted by Crippen LogP contribution is -2.36. The van der Waals surface area contributed by atoms with Crippen molar-refractivity contribution in [1.29, 1.82) is 0 Å². The van der Waals surface area contributed by atoms with Crippen molar-refractivity contribution in [2.45, 2.75) is 13.8 Å². The molecule has 100 valence electrons. The summed E-state index contributed by atoms with van der Waals surface area (Å²) in [6, 6.07) is 3.26. The number of halogens is 1. The Balaban J connectivity index is 2.80. The maximum atomic E-state index is 12.3. The van der Waals surface area contributed by atoms with Crippen molar-refractivity contribution in [3.05, 3.63) is 29.0 Å². The molecule has 1 amide bonds. The Labute approximate surface area is 113 Å². The Morgan fingerprint density at radius 1 is 1.56 bits per heavy atom. The van der Waals surface area contributed by atoms with Crippen LogP contribution in [-0.2, 0) is 4.74 Å². The molecule has 0 aromatic carbocycles. The van der Waals surface area contributed by atoms with E-state index in [0.717, 1.165) is 0 Å². The van der Waals surface area contributed by atoms with Gasteiger partial charge < -0.3 is 9.64 Å². The fourth-order valence-electron chi connectivity index (χ4n) is 1.64. The Hall–Kier alpha value is -1.13. The van der Waals surface area contributed by atoms with Crippen LogP contribution in [0.15, 0.2) is 18.3 Å². The van der Waals surface area contributed by atoms with Gasteiger partial charge in [-0.2, -0.15) is 0 Å². The van der Waals surface area contributed by atoms with Gasteiger partial charge in [0.25, 0.3) is 5.91 Å². The van der Waals surface area contributed by atoms with Crippen LogP contribution in [0.4, 0.5) is 0 Å². The Bertz CT molecular complexity index is 396.